The molecular weight excluding hydrogens is 238 g/mol. The maximum atomic E-state index is 3.17. The Hall–Kier alpha value is -1.41. The molecule has 0 spiro atoms. The highest BCUT2D eigenvalue weighted by atomic mass is 32.2. The first-order valence-corrected chi connectivity index (χ1v) is 7.31. The van der Waals surface area contributed by atoms with Crippen molar-refractivity contribution in [3.63, 3.8) is 0 Å². The van der Waals surface area contributed by atoms with Gasteiger partial charge >= 0.3 is 0 Å². The second-order valence-electron chi connectivity index (χ2n) is 4.22. The number of hydrogen-bond donors (Lipinski definition) is 1. The van der Waals surface area contributed by atoms with Crippen LogP contribution in [-0.2, 0) is 6.42 Å². The molecular formula is C16H19NS. The van der Waals surface area contributed by atoms with Crippen LogP contribution in [0.5, 0.6) is 0 Å². The average molecular weight is 257 g/mol. The molecule has 0 atom stereocenters. The molecule has 94 valence electrons. The zero-order valence-corrected chi connectivity index (χ0v) is 11.5. The van der Waals surface area contributed by atoms with Crippen LogP contribution in [0.15, 0.2) is 59.5 Å². The molecule has 2 aromatic rings. The number of hydrogen-bond acceptors (Lipinski definition) is 2. The van der Waals surface area contributed by atoms with E-state index in [2.05, 4.69) is 59.9 Å². The van der Waals surface area contributed by atoms with Gasteiger partial charge in [-0.25, -0.2) is 0 Å². The fourth-order valence-electron chi connectivity index (χ4n) is 1.85. The second kappa shape index (κ2) is 7.12. The molecule has 0 unspecified atom stereocenters. The molecule has 0 fully saturated rings. The highest BCUT2D eigenvalue weighted by Gasteiger charge is 1.96. The minimum absolute atomic E-state index is 1.17. The van der Waals surface area contributed by atoms with Gasteiger partial charge in [-0.15, -0.1) is 11.8 Å². The molecule has 0 aromatic heterocycles. The summed E-state index contributed by atoms with van der Waals surface area (Å²) in [5.74, 6) is 1.17. The van der Waals surface area contributed by atoms with Crippen LogP contribution in [0.25, 0.3) is 0 Å². The topological polar surface area (TPSA) is 12.0 Å². The minimum Gasteiger partial charge on any atom is -0.388 e. The smallest absolute Gasteiger partial charge is 0.0348 e. The van der Waals surface area contributed by atoms with E-state index in [0.29, 0.717) is 0 Å². The monoisotopic (exact) mass is 257 g/mol. The average Bonchev–Trinajstić information content (AvgIpc) is 2.45. The van der Waals surface area contributed by atoms with Crippen LogP contribution in [0.4, 0.5) is 5.69 Å². The molecule has 0 radical (unpaired) electrons. The molecule has 0 aliphatic heterocycles. The van der Waals surface area contributed by atoms with E-state index in [1.807, 2.05) is 18.8 Å². The van der Waals surface area contributed by atoms with Gasteiger partial charge in [0.05, 0.1) is 0 Å². The van der Waals surface area contributed by atoms with Crippen LogP contribution in [0, 0.1) is 0 Å². The second-order valence-corrected chi connectivity index (χ2v) is 5.38. The van der Waals surface area contributed by atoms with Crippen molar-refractivity contribution >= 4 is 17.4 Å². The number of anilines is 1. The van der Waals surface area contributed by atoms with Gasteiger partial charge in [0.25, 0.3) is 0 Å². The highest BCUT2D eigenvalue weighted by molar-refractivity contribution is 7.99. The molecule has 0 heterocycles. The predicted molar refractivity (Wildman–Crippen MR) is 81.5 cm³/mol. The zero-order valence-electron chi connectivity index (χ0n) is 10.7. The van der Waals surface area contributed by atoms with Crippen LogP contribution in [0.1, 0.15) is 12.0 Å². The summed E-state index contributed by atoms with van der Waals surface area (Å²) in [5, 5.41) is 3.17. The summed E-state index contributed by atoms with van der Waals surface area (Å²) >= 11 is 1.93. The maximum Gasteiger partial charge on any atom is 0.0348 e. The quantitative estimate of drug-likeness (QED) is 0.606. The largest absolute Gasteiger partial charge is 0.388 e. The summed E-state index contributed by atoms with van der Waals surface area (Å²) in [6.45, 7) is 0. The van der Waals surface area contributed by atoms with Crippen molar-refractivity contribution in [2.75, 3.05) is 18.1 Å². The fourth-order valence-corrected chi connectivity index (χ4v) is 2.76. The predicted octanol–water partition coefficient (Wildman–Crippen LogP) is 4.45. The lowest BCUT2D eigenvalue weighted by Crippen LogP contribution is -1.89. The number of nitrogens with one attached hydrogen (secondary N) is 1. The summed E-state index contributed by atoms with van der Waals surface area (Å²) < 4.78 is 0. The lowest BCUT2D eigenvalue weighted by Gasteiger charge is -2.05. The Labute approximate surface area is 114 Å². The van der Waals surface area contributed by atoms with E-state index >= 15 is 0 Å². The molecule has 0 aliphatic carbocycles. The third-order valence-corrected chi connectivity index (χ3v) is 3.92. The Bertz CT molecular complexity index is 468. The highest BCUT2D eigenvalue weighted by Crippen LogP contribution is 2.22. The molecule has 1 nitrogen and oxygen atoms in total. The third-order valence-electron chi connectivity index (χ3n) is 2.84. The zero-order chi connectivity index (χ0) is 12.6. The molecule has 0 bridgehead atoms. The SMILES string of the molecule is CNc1cccc(SCCCc2ccccc2)c1. The maximum absolute atomic E-state index is 3.17. The summed E-state index contributed by atoms with van der Waals surface area (Å²) in [4.78, 5) is 1.34. The lowest BCUT2D eigenvalue weighted by molar-refractivity contribution is 0.933. The Morgan fingerprint density at radius 3 is 2.61 bits per heavy atom. The Morgan fingerprint density at radius 2 is 1.83 bits per heavy atom. The van der Waals surface area contributed by atoms with Gasteiger partial charge in [0.1, 0.15) is 0 Å². The normalized spacial score (nSPS) is 10.3. The van der Waals surface area contributed by atoms with Crippen molar-refractivity contribution in [2.45, 2.75) is 17.7 Å². The Balaban J connectivity index is 1.75. The number of benzene rings is 2. The van der Waals surface area contributed by atoms with Crippen LogP contribution < -0.4 is 5.32 Å². The van der Waals surface area contributed by atoms with Crippen molar-refractivity contribution in [3.8, 4) is 0 Å². The van der Waals surface area contributed by atoms with Crippen LogP contribution >= 0.6 is 11.8 Å². The first-order valence-electron chi connectivity index (χ1n) is 6.33. The van der Waals surface area contributed by atoms with E-state index in [9.17, 15) is 0 Å². The van der Waals surface area contributed by atoms with Gasteiger partial charge in [0.15, 0.2) is 0 Å². The van der Waals surface area contributed by atoms with Crippen molar-refractivity contribution in [1.29, 1.82) is 0 Å². The molecule has 0 aliphatic rings. The number of rotatable bonds is 6. The van der Waals surface area contributed by atoms with Crippen molar-refractivity contribution < 1.29 is 0 Å². The van der Waals surface area contributed by atoms with Crippen LogP contribution in [0.3, 0.4) is 0 Å². The van der Waals surface area contributed by atoms with Gasteiger partial charge in [-0.2, -0.15) is 0 Å². The fraction of sp³-hybridized carbons (Fsp3) is 0.250. The van der Waals surface area contributed by atoms with Crippen LogP contribution in [-0.4, -0.2) is 12.8 Å². The molecule has 2 rings (SSSR count). The number of thioether (sulfide) groups is 1. The summed E-state index contributed by atoms with van der Waals surface area (Å²) in [5.41, 5.74) is 2.62. The molecule has 0 saturated heterocycles. The standard InChI is InChI=1S/C16H19NS/c1-17-15-10-5-11-16(13-15)18-12-6-9-14-7-3-2-4-8-14/h2-5,7-8,10-11,13,17H,6,9,12H2,1H3. The van der Waals surface area contributed by atoms with Gasteiger partial charge in [0.2, 0.25) is 0 Å². The minimum atomic E-state index is 1.17. The van der Waals surface area contributed by atoms with Gasteiger partial charge in [-0.3, -0.25) is 0 Å². The Morgan fingerprint density at radius 1 is 1.00 bits per heavy atom. The first-order chi connectivity index (χ1) is 8.88. The van der Waals surface area contributed by atoms with E-state index < -0.39 is 0 Å². The summed E-state index contributed by atoms with van der Waals surface area (Å²) in [6.07, 6.45) is 2.39. The van der Waals surface area contributed by atoms with E-state index in [-0.39, 0.29) is 0 Å². The van der Waals surface area contributed by atoms with Crippen molar-refractivity contribution in [3.05, 3.63) is 60.2 Å². The molecule has 18 heavy (non-hydrogen) atoms. The summed E-state index contributed by atoms with van der Waals surface area (Å²) in [6, 6.07) is 19.3. The van der Waals surface area contributed by atoms with E-state index in [1.165, 1.54) is 34.7 Å². The first kappa shape index (κ1) is 13.0. The van der Waals surface area contributed by atoms with Gasteiger partial charge in [-0.05, 0) is 42.4 Å². The molecule has 0 amide bonds. The van der Waals surface area contributed by atoms with Crippen molar-refractivity contribution in [1.82, 2.24) is 0 Å². The number of aryl methyl sites for hydroxylation is 1. The van der Waals surface area contributed by atoms with Gasteiger partial charge < -0.3 is 5.32 Å². The van der Waals surface area contributed by atoms with Gasteiger partial charge in [0, 0.05) is 17.6 Å². The molecule has 0 saturated carbocycles. The van der Waals surface area contributed by atoms with E-state index in [4.69, 9.17) is 0 Å². The van der Waals surface area contributed by atoms with Crippen molar-refractivity contribution in [2.24, 2.45) is 0 Å². The third kappa shape index (κ3) is 4.11. The van der Waals surface area contributed by atoms with E-state index in [0.717, 1.165) is 0 Å². The van der Waals surface area contributed by atoms with Gasteiger partial charge in [-0.1, -0.05) is 36.4 Å². The Kier molecular flexibility index (Phi) is 5.15. The summed E-state index contributed by atoms with van der Waals surface area (Å²) in [7, 11) is 1.96. The molecule has 2 aromatic carbocycles. The molecule has 1 N–H and O–H groups in total. The van der Waals surface area contributed by atoms with Crippen LogP contribution in [0.2, 0.25) is 0 Å². The van der Waals surface area contributed by atoms with E-state index in [1.54, 1.807) is 0 Å². The lowest BCUT2D eigenvalue weighted by atomic mass is 10.1. The molecule has 2 heteroatoms.